The summed E-state index contributed by atoms with van der Waals surface area (Å²) in [7, 11) is 0. The first-order valence-electron chi connectivity index (χ1n) is 10.7. The summed E-state index contributed by atoms with van der Waals surface area (Å²) in [5.74, 6) is -0.496. The van der Waals surface area contributed by atoms with Crippen LogP contribution in [0.4, 0.5) is 0 Å². The molecular formula is C26H25Cl3N2O2. The lowest BCUT2D eigenvalue weighted by Gasteiger charge is -2.32. The van der Waals surface area contributed by atoms with Gasteiger partial charge in [-0.2, -0.15) is 0 Å². The van der Waals surface area contributed by atoms with E-state index in [1.54, 1.807) is 29.2 Å². The van der Waals surface area contributed by atoms with Crippen molar-refractivity contribution >= 4 is 46.6 Å². The van der Waals surface area contributed by atoms with Gasteiger partial charge >= 0.3 is 0 Å². The molecule has 3 aromatic carbocycles. The van der Waals surface area contributed by atoms with E-state index in [1.807, 2.05) is 55.5 Å². The van der Waals surface area contributed by atoms with Crippen molar-refractivity contribution in [2.45, 2.75) is 32.4 Å². The molecule has 2 amide bonds. The van der Waals surface area contributed by atoms with E-state index in [-0.39, 0.29) is 24.8 Å². The Morgan fingerprint density at radius 1 is 0.848 bits per heavy atom. The van der Waals surface area contributed by atoms with Gasteiger partial charge in [0.25, 0.3) is 0 Å². The van der Waals surface area contributed by atoms with Gasteiger partial charge in [-0.05, 0) is 41.8 Å². The zero-order valence-electron chi connectivity index (χ0n) is 18.2. The van der Waals surface area contributed by atoms with Crippen LogP contribution in [0.3, 0.4) is 0 Å². The maximum absolute atomic E-state index is 13.7. The van der Waals surface area contributed by atoms with E-state index in [9.17, 15) is 9.59 Å². The molecule has 0 saturated carbocycles. The van der Waals surface area contributed by atoms with Crippen LogP contribution in [-0.4, -0.2) is 29.3 Å². The topological polar surface area (TPSA) is 49.4 Å². The van der Waals surface area contributed by atoms with Crippen LogP contribution in [0.1, 0.15) is 23.6 Å². The summed E-state index contributed by atoms with van der Waals surface area (Å²) in [4.78, 5) is 28.4. The SMILES string of the molecule is CCNC(=O)[C@@H](Cc1ccccc1)N(Cc1ccccc1Cl)C(=O)Cc1c(Cl)cccc1Cl. The predicted octanol–water partition coefficient (Wildman–Crippen LogP) is 5.97. The first kappa shape index (κ1) is 25.1. The van der Waals surface area contributed by atoms with E-state index in [2.05, 4.69) is 5.32 Å². The number of nitrogens with one attached hydrogen (secondary N) is 1. The molecule has 0 aliphatic rings. The molecule has 0 aliphatic carbocycles. The summed E-state index contributed by atoms with van der Waals surface area (Å²) in [6, 6.07) is 21.3. The molecule has 0 radical (unpaired) electrons. The molecule has 0 aromatic heterocycles. The van der Waals surface area contributed by atoms with Gasteiger partial charge in [0.15, 0.2) is 0 Å². The molecule has 0 spiro atoms. The second kappa shape index (κ2) is 12.1. The molecule has 0 saturated heterocycles. The van der Waals surface area contributed by atoms with Crippen LogP contribution in [0, 0.1) is 0 Å². The highest BCUT2D eigenvalue weighted by Crippen LogP contribution is 2.27. The fraction of sp³-hybridized carbons (Fsp3) is 0.231. The number of benzene rings is 3. The van der Waals surface area contributed by atoms with Crippen molar-refractivity contribution in [1.82, 2.24) is 10.2 Å². The van der Waals surface area contributed by atoms with E-state index < -0.39 is 6.04 Å². The summed E-state index contributed by atoms with van der Waals surface area (Å²) in [6.07, 6.45) is 0.326. The number of likely N-dealkylation sites (N-methyl/N-ethyl adjacent to an activating group) is 1. The Bertz CT molecular complexity index is 1090. The Labute approximate surface area is 209 Å². The van der Waals surface area contributed by atoms with Gasteiger partial charge in [-0.25, -0.2) is 0 Å². The van der Waals surface area contributed by atoms with Crippen LogP contribution in [-0.2, 0) is 29.0 Å². The second-order valence-corrected chi connectivity index (χ2v) is 8.81. The molecule has 0 heterocycles. The highest BCUT2D eigenvalue weighted by molar-refractivity contribution is 6.36. The number of rotatable bonds is 9. The summed E-state index contributed by atoms with van der Waals surface area (Å²) in [5, 5.41) is 4.22. The van der Waals surface area contributed by atoms with Crippen molar-refractivity contribution in [3.63, 3.8) is 0 Å². The lowest BCUT2D eigenvalue weighted by atomic mass is 10.0. The van der Waals surface area contributed by atoms with E-state index >= 15 is 0 Å². The van der Waals surface area contributed by atoms with Gasteiger partial charge in [0, 0.05) is 34.6 Å². The van der Waals surface area contributed by atoms with E-state index in [0.717, 1.165) is 11.1 Å². The molecule has 0 bridgehead atoms. The third-order valence-corrected chi connectivity index (χ3v) is 6.39. The molecular weight excluding hydrogens is 479 g/mol. The van der Waals surface area contributed by atoms with E-state index in [1.165, 1.54) is 0 Å². The Balaban J connectivity index is 2.01. The van der Waals surface area contributed by atoms with Crippen molar-refractivity contribution < 1.29 is 9.59 Å². The predicted molar refractivity (Wildman–Crippen MR) is 135 cm³/mol. The number of carbonyl (C=O) groups is 2. The Morgan fingerprint density at radius 3 is 2.09 bits per heavy atom. The smallest absolute Gasteiger partial charge is 0.243 e. The average molecular weight is 504 g/mol. The third kappa shape index (κ3) is 6.73. The van der Waals surface area contributed by atoms with Crippen molar-refractivity contribution in [2.75, 3.05) is 6.54 Å². The normalized spacial score (nSPS) is 11.6. The van der Waals surface area contributed by atoms with Gasteiger partial charge in [-0.15, -0.1) is 0 Å². The van der Waals surface area contributed by atoms with Crippen LogP contribution in [0.5, 0.6) is 0 Å². The maximum atomic E-state index is 13.7. The lowest BCUT2D eigenvalue weighted by Crippen LogP contribution is -2.51. The molecule has 4 nitrogen and oxygen atoms in total. The van der Waals surface area contributed by atoms with E-state index in [4.69, 9.17) is 34.8 Å². The highest BCUT2D eigenvalue weighted by atomic mass is 35.5. The maximum Gasteiger partial charge on any atom is 0.243 e. The number of carbonyl (C=O) groups excluding carboxylic acids is 2. The van der Waals surface area contributed by atoms with Gasteiger partial charge in [-0.3, -0.25) is 9.59 Å². The minimum absolute atomic E-state index is 0.0341. The highest BCUT2D eigenvalue weighted by Gasteiger charge is 2.31. The standard InChI is InChI=1S/C26H25Cl3N2O2/c1-2-30-26(33)24(15-18-9-4-3-5-10-18)31(17-19-11-6-7-12-21(19)27)25(32)16-20-22(28)13-8-14-23(20)29/h3-14,24H,2,15-17H2,1H3,(H,30,33)/t24-/m1/s1. The van der Waals surface area contributed by atoms with Gasteiger partial charge in [-0.1, -0.05) is 89.4 Å². The zero-order valence-corrected chi connectivity index (χ0v) is 20.5. The van der Waals surface area contributed by atoms with Crippen LogP contribution < -0.4 is 5.32 Å². The Morgan fingerprint density at radius 2 is 1.45 bits per heavy atom. The van der Waals surface area contributed by atoms with E-state index in [0.29, 0.717) is 33.6 Å². The summed E-state index contributed by atoms with van der Waals surface area (Å²) in [5.41, 5.74) is 2.23. The fourth-order valence-corrected chi connectivity index (χ4v) is 4.34. The fourth-order valence-electron chi connectivity index (χ4n) is 3.61. The summed E-state index contributed by atoms with van der Waals surface area (Å²) >= 11 is 19.1. The van der Waals surface area contributed by atoms with Gasteiger partial charge in [0.05, 0.1) is 6.42 Å². The van der Waals surface area contributed by atoms with Crippen LogP contribution in [0.2, 0.25) is 15.1 Å². The quantitative estimate of drug-likeness (QED) is 0.391. The number of halogens is 3. The Kier molecular flexibility index (Phi) is 9.19. The molecule has 1 atom stereocenters. The number of nitrogens with zero attached hydrogens (tertiary/aromatic N) is 1. The minimum Gasteiger partial charge on any atom is -0.355 e. The van der Waals surface area contributed by atoms with Gasteiger partial charge in [0.2, 0.25) is 11.8 Å². The van der Waals surface area contributed by atoms with Crippen molar-refractivity contribution in [3.8, 4) is 0 Å². The second-order valence-electron chi connectivity index (χ2n) is 7.59. The molecule has 0 fully saturated rings. The largest absolute Gasteiger partial charge is 0.355 e. The molecule has 1 N–H and O–H groups in total. The number of amides is 2. The first-order valence-corrected chi connectivity index (χ1v) is 11.8. The minimum atomic E-state index is -0.739. The number of hydrogen-bond donors (Lipinski definition) is 1. The average Bonchev–Trinajstić information content (AvgIpc) is 2.80. The van der Waals surface area contributed by atoms with Crippen molar-refractivity contribution in [2.24, 2.45) is 0 Å². The van der Waals surface area contributed by atoms with Gasteiger partial charge < -0.3 is 10.2 Å². The number of hydrogen-bond acceptors (Lipinski definition) is 2. The molecule has 7 heteroatoms. The summed E-state index contributed by atoms with van der Waals surface area (Å²) < 4.78 is 0. The Hall–Kier alpha value is -2.53. The van der Waals surface area contributed by atoms with Crippen LogP contribution in [0.15, 0.2) is 72.8 Å². The molecule has 3 rings (SSSR count). The molecule has 172 valence electrons. The molecule has 0 aliphatic heterocycles. The monoisotopic (exact) mass is 502 g/mol. The molecule has 3 aromatic rings. The van der Waals surface area contributed by atoms with Crippen LogP contribution >= 0.6 is 34.8 Å². The molecule has 33 heavy (non-hydrogen) atoms. The van der Waals surface area contributed by atoms with Crippen molar-refractivity contribution in [1.29, 1.82) is 0 Å². The lowest BCUT2D eigenvalue weighted by molar-refractivity contribution is -0.140. The zero-order chi connectivity index (χ0) is 23.8. The van der Waals surface area contributed by atoms with Crippen molar-refractivity contribution in [3.05, 3.63) is 105 Å². The third-order valence-electron chi connectivity index (χ3n) is 5.31. The molecule has 0 unspecified atom stereocenters. The summed E-state index contributed by atoms with van der Waals surface area (Å²) in [6.45, 7) is 2.48. The van der Waals surface area contributed by atoms with Crippen LogP contribution in [0.25, 0.3) is 0 Å². The first-order chi connectivity index (χ1) is 15.9. The van der Waals surface area contributed by atoms with Gasteiger partial charge in [0.1, 0.15) is 6.04 Å².